The summed E-state index contributed by atoms with van der Waals surface area (Å²) >= 11 is 3.44. The van der Waals surface area contributed by atoms with Crippen LogP contribution in [0.25, 0.3) is 0 Å². The summed E-state index contributed by atoms with van der Waals surface area (Å²) in [5, 5.41) is 11.5. The normalized spacial score (nSPS) is 11.8. The van der Waals surface area contributed by atoms with Gasteiger partial charge in [-0.15, -0.1) is 0 Å². The van der Waals surface area contributed by atoms with Crippen LogP contribution in [0.2, 0.25) is 0 Å². The molecule has 0 saturated carbocycles. The second kappa shape index (κ2) is 7.30. The second-order valence-electron chi connectivity index (χ2n) is 5.22. The van der Waals surface area contributed by atoms with Gasteiger partial charge in [0.25, 0.3) is 0 Å². The van der Waals surface area contributed by atoms with E-state index in [4.69, 9.17) is 5.26 Å². The fourth-order valence-electron chi connectivity index (χ4n) is 2.01. The maximum Gasteiger partial charge on any atom is 0.248 e. The fraction of sp³-hybridized carbons (Fsp3) is 0.467. The molecule has 0 aliphatic rings. The Hall–Kier alpha value is -1.54. The summed E-state index contributed by atoms with van der Waals surface area (Å²) in [4.78, 5) is 12.6. The molecule has 0 fully saturated rings. The largest absolute Gasteiger partial charge is 0.272 e. The standard InChI is InChI=1S/C15H20BrN3O/c1-11(2)8-14(12-6-5-7-13(16)9-12)15(20)19(4)18(3)10-17/h5-7,9,11,14H,8H2,1-4H3. The van der Waals surface area contributed by atoms with Crippen LogP contribution in [0.3, 0.4) is 0 Å². The van der Waals surface area contributed by atoms with Crippen molar-refractivity contribution in [3.8, 4) is 6.19 Å². The van der Waals surface area contributed by atoms with Crippen molar-refractivity contribution in [3.63, 3.8) is 0 Å². The number of nitrogens with zero attached hydrogens (tertiary/aromatic N) is 3. The number of hydrogen-bond donors (Lipinski definition) is 0. The molecule has 0 aliphatic carbocycles. The first-order chi connectivity index (χ1) is 9.36. The Labute approximate surface area is 129 Å². The second-order valence-corrected chi connectivity index (χ2v) is 6.14. The first-order valence-electron chi connectivity index (χ1n) is 6.53. The van der Waals surface area contributed by atoms with Crippen LogP contribution in [0.4, 0.5) is 0 Å². The quantitative estimate of drug-likeness (QED) is 0.470. The maximum atomic E-state index is 12.6. The third-order valence-electron chi connectivity index (χ3n) is 3.17. The highest BCUT2D eigenvalue weighted by Crippen LogP contribution is 2.28. The van der Waals surface area contributed by atoms with E-state index in [1.807, 2.05) is 30.5 Å². The minimum atomic E-state index is -0.242. The monoisotopic (exact) mass is 337 g/mol. The number of carbonyl (C=O) groups excluding carboxylic acids is 1. The molecule has 1 rings (SSSR count). The Bertz CT molecular complexity index is 510. The lowest BCUT2D eigenvalue weighted by atomic mass is 9.89. The van der Waals surface area contributed by atoms with Crippen molar-refractivity contribution >= 4 is 21.8 Å². The highest BCUT2D eigenvalue weighted by Gasteiger charge is 2.26. The van der Waals surface area contributed by atoms with E-state index in [2.05, 4.69) is 29.8 Å². The molecule has 0 saturated heterocycles. The number of hydrazine groups is 1. The van der Waals surface area contributed by atoms with E-state index in [0.717, 1.165) is 16.5 Å². The average Bonchev–Trinajstić information content (AvgIpc) is 2.42. The number of likely N-dealkylation sites (N-methyl/N-ethyl adjacent to an activating group) is 1. The topological polar surface area (TPSA) is 47.3 Å². The molecule has 0 aromatic heterocycles. The van der Waals surface area contributed by atoms with Gasteiger partial charge < -0.3 is 0 Å². The molecule has 0 aliphatic heterocycles. The van der Waals surface area contributed by atoms with Gasteiger partial charge in [0.15, 0.2) is 6.19 Å². The van der Waals surface area contributed by atoms with Crippen molar-refractivity contribution in [1.82, 2.24) is 10.0 Å². The summed E-state index contributed by atoms with van der Waals surface area (Å²) in [6, 6.07) is 7.78. The molecule has 1 atom stereocenters. The molecular weight excluding hydrogens is 318 g/mol. The van der Waals surface area contributed by atoms with E-state index in [1.54, 1.807) is 14.1 Å². The van der Waals surface area contributed by atoms with Crippen molar-refractivity contribution < 1.29 is 4.79 Å². The zero-order valence-corrected chi connectivity index (χ0v) is 13.9. The van der Waals surface area contributed by atoms with E-state index in [0.29, 0.717) is 5.92 Å². The lowest BCUT2D eigenvalue weighted by molar-refractivity contribution is -0.141. The van der Waals surface area contributed by atoms with Gasteiger partial charge in [0.2, 0.25) is 5.91 Å². The Morgan fingerprint density at radius 3 is 2.55 bits per heavy atom. The van der Waals surface area contributed by atoms with E-state index >= 15 is 0 Å². The molecule has 1 unspecified atom stereocenters. The zero-order valence-electron chi connectivity index (χ0n) is 12.3. The van der Waals surface area contributed by atoms with Crippen LogP contribution in [0.5, 0.6) is 0 Å². The molecule has 1 amide bonds. The van der Waals surface area contributed by atoms with Gasteiger partial charge in [-0.2, -0.15) is 5.26 Å². The van der Waals surface area contributed by atoms with Crippen LogP contribution in [0.1, 0.15) is 31.7 Å². The van der Waals surface area contributed by atoms with E-state index in [1.165, 1.54) is 10.0 Å². The molecule has 0 spiro atoms. The lowest BCUT2D eigenvalue weighted by Gasteiger charge is -2.28. The smallest absolute Gasteiger partial charge is 0.248 e. The number of halogens is 1. The van der Waals surface area contributed by atoms with Gasteiger partial charge in [-0.25, -0.2) is 10.0 Å². The number of hydrogen-bond acceptors (Lipinski definition) is 3. The summed E-state index contributed by atoms with van der Waals surface area (Å²) in [5.74, 6) is 0.0814. The van der Waals surface area contributed by atoms with Gasteiger partial charge in [0, 0.05) is 18.6 Å². The molecule has 1 aromatic rings. The average molecular weight is 338 g/mol. The third kappa shape index (κ3) is 4.24. The predicted molar refractivity (Wildman–Crippen MR) is 82.5 cm³/mol. The lowest BCUT2D eigenvalue weighted by Crippen LogP contribution is -2.41. The molecule has 108 valence electrons. The minimum Gasteiger partial charge on any atom is -0.272 e. The van der Waals surface area contributed by atoms with E-state index in [-0.39, 0.29) is 11.8 Å². The van der Waals surface area contributed by atoms with Crippen molar-refractivity contribution in [1.29, 1.82) is 5.26 Å². The molecule has 4 nitrogen and oxygen atoms in total. The number of rotatable bonds is 5. The van der Waals surface area contributed by atoms with Crippen molar-refractivity contribution in [2.24, 2.45) is 5.92 Å². The van der Waals surface area contributed by atoms with Gasteiger partial charge in [0.1, 0.15) is 0 Å². The first-order valence-corrected chi connectivity index (χ1v) is 7.32. The van der Waals surface area contributed by atoms with Gasteiger partial charge in [-0.05, 0) is 30.0 Å². The van der Waals surface area contributed by atoms with Crippen molar-refractivity contribution in [2.75, 3.05) is 14.1 Å². The molecule has 0 radical (unpaired) electrons. The van der Waals surface area contributed by atoms with Gasteiger partial charge in [-0.3, -0.25) is 4.79 Å². The third-order valence-corrected chi connectivity index (χ3v) is 3.66. The van der Waals surface area contributed by atoms with Crippen LogP contribution in [-0.4, -0.2) is 30.0 Å². The summed E-state index contributed by atoms with van der Waals surface area (Å²) in [6.45, 7) is 4.18. The fourth-order valence-corrected chi connectivity index (χ4v) is 2.43. The van der Waals surface area contributed by atoms with E-state index < -0.39 is 0 Å². The summed E-state index contributed by atoms with van der Waals surface area (Å²) in [6.07, 6.45) is 2.69. The van der Waals surface area contributed by atoms with Gasteiger partial charge in [0.05, 0.1) is 5.92 Å². The number of nitriles is 1. The van der Waals surface area contributed by atoms with Crippen molar-refractivity contribution in [3.05, 3.63) is 34.3 Å². The van der Waals surface area contributed by atoms with Crippen molar-refractivity contribution in [2.45, 2.75) is 26.2 Å². The van der Waals surface area contributed by atoms with E-state index in [9.17, 15) is 4.79 Å². The van der Waals surface area contributed by atoms with Gasteiger partial charge in [-0.1, -0.05) is 41.9 Å². The Morgan fingerprint density at radius 1 is 1.40 bits per heavy atom. The molecule has 1 aromatic carbocycles. The van der Waals surface area contributed by atoms with Crippen LogP contribution in [0.15, 0.2) is 28.7 Å². The van der Waals surface area contributed by atoms with Gasteiger partial charge >= 0.3 is 0 Å². The molecule has 0 N–H and O–H groups in total. The van der Waals surface area contributed by atoms with Crippen LogP contribution >= 0.6 is 15.9 Å². The SMILES string of the molecule is CC(C)CC(C(=O)N(C)N(C)C#N)c1cccc(Br)c1. The number of benzene rings is 1. The zero-order chi connectivity index (χ0) is 15.3. The molecule has 20 heavy (non-hydrogen) atoms. The summed E-state index contributed by atoms with van der Waals surface area (Å²) in [5.41, 5.74) is 0.969. The number of amides is 1. The maximum absolute atomic E-state index is 12.6. The summed E-state index contributed by atoms with van der Waals surface area (Å²) < 4.78 is 0.952. The minimum absolute atomic E-state index is 0.0687. The Morgan fingerprint density at radius 2 is 2.05 bits per heavy atom. The van der Waals surface area contributed by atoms with Crippen LogP contribution < -0.4 is 0 Å². The highest BCUT2D eigenvalue weighted by atomic mass is 79.9. The highest BCUT2D eigenvalue weighted by molar-refractivity contribution is 9.10. The molecule has 0 bridgehead atoms. The molecule has 0 heterocycles. The molecule has 5 heteroatoms. The Kier molecular flexibility index (Phi) is 6.03. The Balaban J connectivity index is 3.07. The molecular formula is C15H20BrN3O. The summed E-state index contributed by atoms with van der Waals surface area (Å²) in [7, 11) is 3.20. The number of carbonyl (C=O) groups is 1. The first kappa shape index (κ1) is 16.5. The van der Waals surface area contributed by atoms with Crippen LogP contribution in [0, 0.1) is 17.4 Å². The predicted octanol–water partition coefficient (Wildman–Crippen LogP) is 3.37. The van der Waals surface area contributed by atoms with Crippen LogP contribution in [-0.2, 0) is 4.79 Å².